The minimum absolute atomic E-state index is 0.0619. The lowest BCUT2D eigenvalue weighted by Crippen LogP contribution is -2.31. The first kappa shape index (κ1) is 14.8. The van der Waals surface area contributed by atoms with Crippen LogP contribution in [0.3, 0.4) is 0 Å². The number of halogens is 1. The van der Waals surface area contributed by atoms with E-state index >= 15 is 0 Å². The predicted molar refractivity (Wildman–Crippen MR) is 89.7 cm³/mol. The van der Waals surface area contributed by atoms with Crippen LogP contribution in [0.2, 0.25) is 5.02 Å². The van der Waals surface area contributed by atoms with E-state index < -0.39 is 0 Å². The molecule has 1 aromatic carbocycles. The average Bonchev–Trinajstić information content (AvgIpc) is 3.21. The first-order valence-electron chi connectivity index (χ1n) is 8.36. The zero-order valence-corrected chi connectivity index (χ0v) is 13.8. The molecule has 1 N–H and O–H groups in total. The molecule has 2 aliphatic rings. The van der Waals surface area contributed by atoms with E-state index in [1.807, 2.05) is 23.1 Å². The van der Waals surface area contributed by atoms with Gasteiger partial charge in [-0.25, -0.2) is 0 Å². The Morgan fingerprint density at radius 1 is 1.26 bits per heavy atom. The number of likely N-dealkylation sites (tertiary alicyclic amines) is 1. The summed E-state index contributed by atoms with van der Waals surface area (Å²) >= 11 is 6.12. The third kappa shape index (κ3) is 2.65. The number of H-pyrrole nitrogens is 1. The van der Waals surface area contributed by atoms with Gasteiger partial charge in [-0.3, -0.25) is 9.89 Å². The number of nitrogens with one attached hydrogen (secondary N) is 1. The Labute approximate surface area is 140 Å². The van der Waals surface area contributed by atoms with Crippen molar-refractivity contribution in [1.29, 1.82) is 0 Å². The van der Waals surface area contributed by atoms with Gasteiger partial charge in [0.25, 0.3) is 5.91 Å². The van der Waals surface area contributed by atoms with Crippen LogP contribution < -0.4 is 0 Å². The lowest BCUT2D eigenvalue weighted by Gasteiger charge is -2.25. The predicted octanol–water partition coefficient (Wildman–Crippen LogP) is 3.92. The second-order valence-corrected chi connectivity index (χ2v) is 6.88. The fourth-order valence-corrected chi connectivity index (χ4v) is 4.06. The van der Waals surface area contributed by atoms with Crippen molar-refractivity contribution in [2.75, 3.05) is 6.54 Å². The highest BCUT2D eigenvalue weighted by atomic mass is 35.5. The molecular weight excluding hydrogens is 310 g/mol. The van der Waals surface area contributed by atoms with Gasteiger partial charge in [-0.2, -0.15) is 5.10 Å². The van der Waals surface area contributed by atoms with Gasteiger partial charge in [0.2, 0.25) is 0 Å². The summed E-state index contributed by atoms with van der Waals surface area (Å²) in [4.78, 5) is 15.0. The summed E-state index contributed by atoms with van der Waals surface area (Å²) in [6.07, 6.45) is 6.30. The van der Waals surface area contributed by atoms with Crippen LogP contribution in [-0.4, -0.2) is 27.5 Å². The van der Waals surface area contributed by atoms with Crippen LogP contribution in [0.1, 0.15) is 59.0 Å². The second kappa shape index (κ2) is 6.00. The van der Waals surface area contributed by atoms with Crippen molar-refractivity contribution in [1.82, 2.24) is 15.1 Å². The number of aromatic nitrogens is 2. The number of rotatable bonds is 2. The smallest absolute Gasteiger partial charge is 0.275 e. The van der Waals surface area contributed by atoms with Gasteiger partial charge in [-0.15, -0.1) is 0 Å². The molecule has 0 radical (unpaired) electrons. The van der Waals surface area contributed by atoms with Crippen LogP contribution in [0.4, 0.5) is 0 Å². The zero-order chi connectivity index (χ0) is 15.8. The van der Waals surface area contributed by atoms with Crippen molar-refractivity contribution in [3.05, 3.63) is 51.8 Å². The highest BCUT2D eigenvalue weighted by Gasteiger charge is 2.33. The van der Waals surface area contributed by atoms with Gasteiger partial charge < -0.3 is 4.90 Å². The third-order valence-corrected chi connectivity index (χ3v) is 5.24. The van der Waals surface area contributed by atoms with Crippen LogP contribution in [0, 0.1) is 0 Å². The van der Waals surface area contributed by atoms with Crippen LogP contribution in [-0.2, 0) is 12.8 Å². The van der Waals surface area contributed by atoms with Crippen molar-refractivity contribution >= 4 is 17.5 Å². The Hall–Kier alpha value is -1.81. The van der Waals surface area contributed by atoms with E-state index in [2.05, 4.69) is 16.3 Å². The quantitative estimate of drug-likeness (QED) is 0.907. The fraction of sp³-hybridized carbons (Fsp3) is 0.444. The molecular formula is C18H20ClN3O. The molecule has 2 heterocycles. The fourth-order valence-electron chi connectivity index (χ4n) is 3.86. The van der Waals surface area contributed by atoms with Gasteiger partial charge in [-0.1, -0.05) is 23.7 Å². The van der Waals surface area contributed by atoms with E-state index in [4.69, 9.17) is 11.6 Å². The normalized spacial score (nSPS) is 20.6. The SMILES string of the molecule is O=C(c1n[nH]c2c1CCCC2)N1CCC[C@@H]1c1cccc(Cl)c1. The number of aryl methyl sites for hydroxylation is 1. The Morgan fingerprint density at radius 3 is 3.00 bits per heavy atom. The zero-order valence-electron chi connectivity index (χ0n) is 13.0. The van der Waals surface area contributed by atoms with E-state index in [9.17, 15) is 4.79 Å². The summed E-state index contributed by atoms with van der Waals surface area (Å²) < 4.78 is 0. The van der Waals surface area contributed by atoms with Gasteiger partial charge in [0.05, 0.1) is 6.04 Å². The summed E-state index contributed by atoms with van der Waals surface area (Å²) in [6, 6.07) is 7.96. The van der Waals surface area contributed by atoms with Crippen LogP contribution >= 0.6 is 11.6 Å². The van der Waals surface area contributed by atoms with Crippen LogP contribution in [0.15, 0.2) is 24.3 Å². The molecule has 1 aliphatic heterocycles. The average molecular weight is 330 g/mol. The molecule has 23 heavy (non-hydrogen) atoms. The molecule has 1 aliphatic carbocycles. The number of amides is 1. The van der Waals surface area contributed by atoms with E-state index in [1.54, 1.807) is 0 Å². The highest BCUT2D eigenvalue weighted by molar-refractivity contribution is 6.30. The number of carbonyl (C=O) groups excluding carboxylic acids is 1. The Morgan fingerprint density at radius 2 is 2.13 bits per heavy atom. The maximum Gasteiger partial charge on any atom is 0.275 e. The Kier molecular flexibility index (Phi) is 3.85. The maximum absolute atomic E-state index is 13.1. The first-order valence-corrected chi connectivity index (χ1v) is 8.74. The van der Waals surface area contributed by atoms with Gasteiger partial charge in [0.15, 0.2) is 5.69 Å². The summed E-state index contributed by atoms with van der Waals surface area (Å²) in [7, 11) is 0. The largest absolute Gasteiger partial charge is 0.330 e. The number of nitrogens with zero attached hydrogens (tertiary/aromatic N) is 2. The molecule has 1 atom stereocenters. The molecule has 120 valence electrons. The first-order chi connectivity index (χ1) is 11.2. The molecule has 1 amide bonds. The molecule has 1 aromatic heterocycles. The van der Waals surface area contributed by atoms with Gasteiger partial charge in [0.1, 0.15) is 0 Å². The molecule has 1 fully saturated rings. The van der Waals surface area contributed by atoms with Crippen LogP contribution in [0.25, 0.3) is 0 Å². The number of carbonyl (C=O) groups is 1. The Balaban J connectivity index is 1.64. The number of benzene rings is 1. The maximum atomic E-state index is 13.1. The number of hydrogen-bond donors (Lipinski definition) is 1. The van der Waals surface area contributed by atoms with Crippen molar-refractivity contribution in [2.45, 2.75) is 44.6 Å². The minimum Gasteiger partial charge on any atom is -0.330 e. The summed E-state index contributed by atoms with van der Waals surface area (Å²) in [5, 5.41) is 8.14. The highest BCUT2D eigenvalue weighted by Crippen LogP contribution is 2.35. The van der Waals surface area contributed by atoms with E-state index in [1.165, 1.54) is 6.42 Å². The molecule has 0 bridgehead atoms. The van der Waals surface area contributed by atoms with Crippen molar-refractivity contribution in [3.63, 3.8) is 0 Å². The van der Waals surface area contributed by atoms with E-state index in [-0.39, 0.29) is 11.9 Å². The molecule has 5 heteroatoms. The third-order valence-electron chi connectivity index (χ3n) is 5.01. The Bertz CT molecular complexity index is 740. The van der Waals surface area contributed by atoms with Gasteiger partial charge >= 0.3 is 0 Å². The molecule has 4 rings (SSSR count). The minimum atomic E-state index is 0.0619. The summed E-state index contributed by atoms with van der Waals surface area (Å²) in [5.41, 5.74) is 4.04. The lowest BCUT2D eigenvalue weighted by molar-refractivity contribution is 0.0728. The number of hydrogen-bond acceptors (Lipinski definition) is 2. The second-order valence-electron chi connectivity index (χ2n) is 6.45. The summed E-state index contributed by atoms with van der Waals surface area (Å²) in [6.45, 7) is 0.789. The molecule has 1 saturated heterocycles. The van der Waals surface area contributed by atoms with Crippen molar-refractivity contribution < 1.29 is 4.79 Å². The standard InChI is InChI=1S/C18H20ClN3O/c19-13-6-3-5-12(11-13)16-9-4-10-22(16)18(23)17-14-7-1-2-8-15(14)20-21-17/h3,5-6,11,16H,1-2,4,7-10H2,(H,20,21)/t16-/m1/s1. The monoisotopic (exact) mass is 329 g/mol. The molecule has 4 nitrogen and oxygen atoms in total. The van der Waals surface area contributed by atoms with Crippen molar-refractivity contribution in [3.8, 4) is 0 Å². The molecule has 2 aromatic rings. The van der Waals surface area contributed by atoms with E-state index in [0.717, 1.165) is 60.5 Å². The lowest BCUT2D eigenvalue weighted by atomic mass is 9.95. The number of aromatic amines is 1. The topological polar surface area (TPSA) is 49.0 Å². The van der Waals surface area contributed by atoms with Gasteiger partial charge in [-0.05, 0) is 56.2 Å². The van der Waals surface area contributed by atoms with Gasteiger partial charge in [0, 0.05) is 22.8 Å². The summed E-state index contributed by atoms with van der Waals surface area (Å²) in [5.74, 6) is 0.0619. The van der Waals surface area contributed by atoms with E-state index in [0.29, 0.717) is 5.69 Å². The van der Waals surface area contributed by atoms with Crippen LogP contribution in [0.5, 0.6) is 0 Å². The molecule has 0 unspecified atom stereocenters. The number of fused-ring (bicyclic) bond motifs is 1. The van der Waals surface area contributed by atoms with Crippen molar-refractivity contribution in [2.24, 2.45) is 0 Å². The molecule has 0 spiro atoms. The molecule has 0 saturated carbocycles.